The van der Waals surface area contributed by atoms with Crippen LogP contribution in [0.3, 0.4) is 0 Å². The second kappa shape index (κ2) is 10.8. The maximum absolute atomic E-state index is 5.62. The molecule has 5 heteroatoms. The second-order valence-electron chi connectivity index (χ2n) is 14.6. The third-order valence-corrected chi connectivity index (χ3v) is 12.8. The third kappa shape index (κ3) is 3.94. The fourth-order valence-electron chi connectivity index (χ4n) is 9.22. The molecule has 0 bridgehead atoms. The van der Waals surface area contributed by atoms with Gasteiger partial charge in [0.25, 0.3) is 0 Å². The summed E-state index contributed by atoms with van der Waals surface area (Å²) in [6.45, 7) is 0. The van der Waals surface area contributed by atoms with Gasteiger partial charge in [0, 0.05) is 48.0 Å². The van der Waals surface area contributed by atoms with Crippen LogP contribution in [0.25, 0.3) is 119 Å². The Balaban J connectivity index is 1.22. The molecule has 5 aromatic heterocycles. The van der Waals surface area contributed by atoms with Gasteiger partial charge in [0.05, 0.1) is 43.5 Å². The van der Waals surface area contributed by atoms with Crippen LogP contribution in [0.15, 0.2) is 170 Å². The molecule has 0 fully saturated rings. The molecule has 0 atom stereocenters. The van der Waals surface area contributed by atoms with E-state index in [2.05, 4.69) is 179 Å². The molecule has 0 radical (unpaired) electrons. The molecule has 0 aliphatic carbocycles. The molecule has 0 spiro atoms. The van der Waals surface area contributed by atoms with E-state index in [1.165, 1.54) is 75.5 Å². The van der Waals surface area contributed by atoms with Crippen molar-refractivity contribution < 1.29 is 0 Å². The molecule has 0 unspecified atom stereocenters. The molecule has 0 saturated carbocycles. The normalized spacial score (nSPS) is 12.4. The molecule has 5 heterocycles. The number of hydrogen-bond acceptors (Lipinski definition) is 3. The summed E-state index contributed by atoms with van der Waals surface area (Å²) in [4.78, 5) is 11.2. The van der Waals surface area contributed by atoms with E-state index in [9.17, 15) is 0 Å². The monoisotopic (exact) mass is 716 g/mol. The first-order chi connectivity index (χ1) is 27.3. The largest absolute Gasteiger partial charge is 0.308 e. The number of thiophene rings is 1. The minimum absolute atomic E-state index is 0.677. The molecule has 55 heavy (non-hydrogen) atoms. The first kappa shape index (κ1) is 29.4. The van der Waals surface area contributed by atoms with Gasteiger partial charge in [0.2, 0.25) is 5.95 Å². The van der Waals surface area contributed by atoms with Gasteiger partial charge in [-0.15, -0.1) is 11.3 Å². The van der Waals surface area contributed by atoms with Gasteiger partial charge in [-0.05, 0) is 58.3 Å². The van der Waals surface area contributed by atoms with Gasteiger partial charge in [0.1, 0.15) is 0 Å². The van der Waals surface area contributed by atoms with Crippen LogP contribution in [0.4, 0.5) is 0 Å². The van der Waals surface area contributed by atoms with E-state index in [0.29, 0.717) is 5.95 Å². The molecule has 13 aromatic rings. The van der Waals surface area contributed by atoms with Crippen molar-refractivity contribution in [1.29, 1.82) is 0 Å². The zero-order chi connectivity index (χ0) is 35.8. The summed E-state index contributed by atoms with van der Waals surface area (Å²) in [6, 6.07) is 61.5. The Bertz CT molecular complexity index is 3700. The Morgan fingerprint density at radius 3 is 1.85 bits per heavy atom. The highest BCUT2D eigenvalue weighted by molar-refractivity contribution is 7.26. The Morgan fingerprint density at radius 1 is 0.418 bits per heavy atom. The van der Waals surface area contributed by atoms with Gasteiger partial charge in [-0.25, -0.2) is 9.97 Å². The average molecular weight is 717 g/mol. The van der Waals surface area contributed by atoms with Gasteiger partial charge in [0.15, 0.2) is 0 Å². The van der Waals surface area contributed by atoms with Crippen LogP contribution < -0.4 is 0 Å². The lowest BCUT2D eigenvalue weighted by Gasteiger charge is -2.12. The third-order valence-electron chi connectivity index (χ3n) is 11.6. The lowest BCUT2D eigenvalue weighted by atomic mass is 10.0. The highest BCUT2D eigenvalue weighted by atomic mass is 32.1. The van der Waals surface area contributed by atoms with E-state index in [0.717, 1.165) is 37.9 Å². The lowest BCUT2D eigenvalue weighted by molar-refractivity contribution is 1.02. The Hall–Kier alpha value is -7.08. The predicted octanol–water partition coefficient (Wildman–Crippen LogP) is 13.6. The minimum Gasteiger partial charge on any atom is -0.308 e. The first-order valence-electron chi connectivity index (χ1n) is 18.7. The van der Waals surface area contributed by atoms with E-state index < -0.39 is 0 Å². The van der Waals surface area contributed by atoms with Gasteiger partial charge in [-0.1, -0.05) is 133 Å². The molecule has 13 rings (SSSR count). The first-order valence-corrected chi connectivity index (χ1v) is 19.5. The summed E-state index contributed by atoms with van der Waals surface area (Å²) >= 11 is 1.77. The van der Waals surface area contributed by atoms with Crippen molar-refractivity contribution in [3.63, 3.8) is 0 Å². The van der Waals surface area contributed by atoms with E-state index in [4.69, 9.17) is 9.97 Å². The van der Waals surface area contributed by atoms with Crippen molar-refractivity contribution in [3.8, 4) is 28.3 Å². The molecule has 0 aliphatic rings. The van der Waals surface area contributed by atoms with E-state index in [-0.39, 0.29) is 0 Å². The second-order valence-corrected chi connectivity index (χ2v) is 15.6. The van der Waals surface area contributed by atoms with Crippen molar-refractivity contribution in [3.05, 3.63) is 170 Å². The zero-order valence-electron chi connectivity index (χ0n) is 29.4. The van der Waals surface area contributed by atoms with Gasteiger partial charge >= 0.3 is 0 Å². The van der Waals surface area contributed by atoms with Crippen LogP contribution in [0.2, 0.25) is 0 Å². The van der Waals surface area contributed by atoms with Crippen molar-refractivity contribution >= 4 is 102 Å². The van der Waals surface area contributed by atoms with Gasteiger partial charge in [-0.3, -0.25) is 4.57 Å². The molecule has 4 nitrogen and oxygen atoms in total. The smallest absolute Gasteiger partial charge is 0.235 e. The SMILES string of the molecule is c1ccc(-c2ccc(-c3nc(-n4c5cc6ccccc6cc5c5cc6c7ccccc7n7c8ccccc8c(c54)c67)nc4c3sc3ccccc34)cc2)cc1. The summed E-state index contributed by atoms with van der Waals surface area (Å²) in [5.74, 6) is 0.677. The summed E-state index contributed by atoms with van der Waals surface area (Å²) in [6.07, 6.45) is 0. The summed E-state index contributed by atoms with van der Waals surface area (Å²) < 4.78 is 7.13. The standard InChI is InChI=1S/C50H28N4S/c1-2-12-29(13-3-1)30-22-24-31(25-23-30)45-49-46(36-18-8-11-21-43(36)55-49)52-50(51-45)54-42-27-33-15-5-4-14-32(33)26-37(42)39-28-38-34-16-6-9-19-40(34)53-41-20-10-7-17-35(41)44(47(38)53)48(39)54/h1-28H. The number of fused-ring (bicyclic) bond motifs is 14. The van der Waals surface area contributed by atoms with Crippen LogP contribution >= 0.6 is 11.3 Å². The summed E-state index contributed by atoms with van der Waals surface area (Å²) in [5, 5.41) is 10.9. The molecule has 254 valence electrons. The summed E-state index contributed by atoms with van der Waals surface area (Å²) in [5.41, 5.74) is 11.3. The highest BCUT2D eigenvalue weighted by Crippen LogP contribution is 2.47. The topological polar surface area (TPSA) is 35.1 Å². The van der Waals surface area contributed by atoms with Crippen molar-refractivity contribution in [2.75, 3.05) is 0 Å². The quantitative estimate of drug-likeness (QED) is 0.182. The van der Waals surface area contributed by atoms with Crippen molar-refractivity contribution in [2.24, 2.45) is 0 Å². The maximum atomic E-state index is 5.62. The van der Waals surface area contributed by atoms with Crippen LogP contribution in [0, 0.1) is 0 Å². The van der Waals surface area contributed by atoms with E-state index in [1.54, 1.807) is 11.3 Å². The molecular formula is C50H28N4S. The fourth-order valence-corrected chi connectivity index (χ4v) is 10.4. The van der Waals surface area contributed by atoms with Gasteiger partial charge < -0.3 is 4.40 Å². The Morgan fingerprint density at radius 2 is 1.04 bits per heavy atom. The molecule has 0 N–H and O–H groups in total. The maximum Gasteiger partial charge on any atom is 0.235 e. The molecule has 0 saturated heterocycles. The fraction of sp³-hybridized carbons (Fsp3) is 0. The number of aromatic nitrogens is 4. The number of rotatable bonds is 3. The number of benzene rings is 8. The Kier molecular flexibility index (Phi) is 5.74. The number of hydrogen-bond donors (Lipinski definition) is 0. The summed E-state index contributed by atoms with van der Waals surface area (Å²) in [7, 11) is 0. The molecular weight excluding hydrogens is 689 g/mol. The lowest BCUT2D eigenvalue weighted by Crippen LogP contribution is -2.03. The minimum atomic E-state index is 0.677. The van der Waals surface area contributed by atoms with Gasteiger partial charge in [-0.2, -0.15) is 0 Å². The van der Waals surface area contributed by atoms with Crippen LogP contribution in [-0.2, 0) is 0 Å². The average Bonchev–Trinajstić information content (AvgIpc) is 3.98. The van der Waals surface area contributed by atoms with E-state index in [1.807, 2.05) is 0 Å². The Labute approximate surface area is 318 Å². The number of para-hydroxylation sites is 2. The van der Waals surface area contributed by atoms with E-state index >= 15 is 0 Å². The van der Waals surface area contributed by atoms with Crippen LogP contribution in [0.5, 0.6) is 0 Å². The van der Waals surface area contributed by atoms with Crippen LogP contribution in [-0.4, -0.2) is 18.9 Å². The highest BCUT2D eigenvalue weighted by Gasteiger charge is 2.26. The van der Waals surface area contributed by atoms with Crippen molar-refractivity contribution in [2.45, 2.75) is 0 Å². The van der Waals surface area contributed by atoms with Crippen molar-refractivity contribution in [1.82, 2.24) is 18.9 Å². The predicted molar refractivity (Wildman–Crippen MR) is 232 cm³/mol. The molecule has 0 amide bonds. The molecule has 0 aliphatic heterocycles. The number of nitrogens with zero attached hydrogens (tertiary/aromatic N) is 4. The zero-order valence-corrected chi connectivity index (χ0v) is 30.2. The molecule has 8 aromatic carbocycles. The van der Waals surface area contributed by atoms with Crippen LogP contribution in [0.1, 0.15) is 0 Å².